The molecule has 0 aromatic carbocycles. The van der Waals surface area contributed by atoms with Gasteiger partial charge in [-0.25, -0.2) is 0 Å². The lowest BCUT2D eigenvalue weighted by Gasteiger charge is -2.04. The normalized spacial score (nSPS) is 12.2. The standard InChI is InChI=1S/C7H13NO3S/c1-5(7(10)11)3-12-4-6(9)8-2/h5H,3-4H2,1-2H3,(H,8,9)(H,10,11). The molecule has 1 atom stereocenters. The highest BCUT2D eigenvalue weighted by molar-refractivity contribution is 7.99. The Balaban J connectivity index is 3.43. The summed E-state index contributed by atoms with van der Waals surface area (Å²) in [5, 5.41) is 11.0. The lowest BCUT2D eigenvalue weighted by atomic mass is 10.2. The molecule has 0 aliphatic carbocycles. The lowest BCUT2D eigenvalue weighted by Crippen LogP contribution is -2.21. The minimum Gasteiger partial charge on any atom is -0.481 e. The fourth-order valence-corrected chi connectivity index (χ4v) is 1.42. The van der Waals surface area contributed by atoms with E-state index in [0.717, 1.165) is 0 Å². The number of carbonyl (C=O) groups excluding carboxylic acids is 1. The van der Waals surface area contributed by atoms with Crippen molar-refractivity contribution in [3.8, 4) is 0 Å². The highest BCUT2D eigenvalue weighted by Gasteiger charge is 2.10. The maximum atomic E-state index is 10.7. The molecule has 0 saturated carbocycles. The number of carbonyl (C=O) groups is 2. The highest BCUT2D eigenvalue weighted by Crippen LogP contribution is 2.07. The number of nitrogens with one attached hydrogen (secondary N) is 1. The van der Waals surface area contributed by atoms with Crippen molar-refractivity contribution in [1.82, 2.24) is 5.32 Å². The van der Waals surface area contributed by atoms with E-state index in [1.165, 1.54) is 11.8 Å². The highest BCUT2D eigenvalue weighted by atomic mass is 32.2. The third-order valence-electron chi connectivity index (χ3n) is 1.30. The van der Waals surface area contributed by atoms with E-state index in [1.807, 2.05) is 0 Å². The second-order valence-electron chi connectivity index (χ2n) is 2.43. The molecule has 0 aliphatic heterocycles. The number of amides is 1. The summed E-state index contributed by atoms with van der Waals surface area (Å²) >= 11 is 1.33. The molecular formula is C7H13NO3S. The summed E-state index contributed by atoms with van der Waals surface area (Å²) in [6.07, 6.45) is 0. The summed E-state index contributed by atoms with van der Waals surface area (Å²) in [6, 6.07) is 0. The fourth-order valence-electron chi connectivity index (χ4n) is 0.472. The van der Waals surface area contributed by atoms with Crippen LogP contribution in [0.15, 0.2) is 0 Å². The van der Waals surface area contributed by atoms with Gasteiger partial charge in [0.1, 0.15) is 0 Å². The van der Waals surface area contributed by atoms with E-state index in [2.05, 4.69) is 5.32 Å². The van der Waals surface area contributed by atoms with Gasteiger partial charge in [-0.05, 0) is 0 Å². The average Bonchev–Trinajstić information content (AvgIpc) is 2.03. The molecule has 0 bridgehead atoms. The molecule has 0 spiro atoms. The molecule has 0 aromatic rings. The number of carboxylic acid groups (broad SMARTS) is 1. The van der Waals surface area contributed by atoms with Gasteiger partial charge in [0, 0.05) is 12.8 Å². The zero-order chi connectivity index (χ0) is 9.56. The van der Waals surface area contributed by atoms with E-state index in [9.17, 15) is 9.59 Å². The maximum Gasteiger partial charge on any atom is 0.307 e. The SMILES string of the molecule is CNC(=O)CSCC(C)C(=O)O. The van der Waals surface area contributed by atoms with Gasteiger partial charge in [-0.2, -0.15) is 11.8 Å². The monoisotopic (exact) mass is 191 g/mol. The Morgan fingerprint density at radius 1 is 1.58 bits per heavy atom. The first-order valence-corrected chi connectivity index (χ1v) is 4.74. The maximum absolute atomic E-state index is 10.7. The van der Waals surface area contributed by atoms with E-state index < -0.39 is 5.97 Å². The van der Waals surface area contributed by atoms with Crippen LogP contribution in [-0.4, -0.2) is 35.5 Å². The molecule has 0 heterocycles. The summed E-state index contributed by atoms with van der Waals surface area (Å²) in [6.45, 7) is 1.62. The Labute approximate surface area is 75.7 Å². The van der Waals surface area contributed by atoms with Gasteiger partial charge < -0.3 is 10.4 Å². The van der Waals surface area contributed by atoms with Crippen LogP contribution < -0.4 is 5.32 Å². The predicted molar refractivity (Wildman–Crippen MR) is 48.2 cm³/mol. The van der Waals surface area contributed by atoms with Gasteiger partial charge in [0.15, 0.2) is 0 Å². The van der Waals surface area contributed by atoms with Gasteiger partial charge in [0.05, 0.1) is 11.7 Å². The second-order valence-corrected chi connectivity index (χ2v) is 3.46. The van der Waals surface area contributed by atoms with Crippen molar-refractivity contribution in [2.75, 3.05) is 18.6 Å². The first kappa shape index (κ1) is 11.3. The van der Waals surface area contributed by atoms with E-state index >= 15 is 0 Å². The minimum absolute atomic E-state index is 0.0717. The van der Waals surface area contributed by atoms with Crippen LogP contribution in [0.4, 0.5) is 0 Å². The van der Waals surface area contributed by atoms with Gasteiger partial charge in [0.25, 0.3) is 0 Å². The summed E-state index contributed by atoms with van der Waals surface area (Å²) in [5.74, 6) is -0.478. The van der Waals surface area contributed by atoms with E-state index in [-0.39, 0.29) is 11.8 Å². The Morgan fingerprint density at radius 2 is 2.17 bits per heavy atom. The molecular weight excluding hydrogens is 178 g/mol. The molecule has 1 amide bonds. The van der Waals surface area contributed by atoms with Crippen molar-refractivity contribution in [2.45, 2.75) is 6.92 Å². The summed E-state index contributed by atoms with van der Waals surface area (Å²) < 4.78 is 0. The molecule has 70 valence electrons. The van der Waals surface area contributed by atoms with Crippen molar-refractivity contribution in [3.63, 3.8) is 0 Å². The van der Waals surface area contributed by atoms with Crippen LogP contribution in [0.1, 0.15) is 6.92 Å². The summed E-state index contributed by atoms with van der Waals surface area (Å²) in [5.41, 5.74) is 0. The Hall–Kier alpha value is -0.710. The van der Waals surface area contributed by atoms with Crippen LogP contribution in [0.3, 0.4) is 0 Å². The number of carboxylic acids is 1. The number of rotatable bonds is 5. The van der Waals surface area contributed by atoms with Gasteiger partial charge in [-0.3, -0.25) is 9.59 Å². The first-order chi connectivity index (χ1) is 5.57. The molecule has 0 saturated heterocycles. The van der Waals surface area contributed by atoms with Gasteiger partial charge >= 0.3 is 5.97 Å². The average molecular weight is 191 g/mol. The third kappa shape index (κ3) is 5.01. The van der Waals surface area contributed by atoms with Crippen LogP contribution in [-0.2, 0) is 9.59 Å². The molecule has 0 fully saturated rings. The Kier molecular flexibility index (Phi) is 5.53. The van der Waals surface area contributed by atoms with Gasteiger partial charge in [-0.1, -0.05) is 6.92 Å². The quantitative estimate of drug-likeness (QED) is 0.651. The molecule has 0 rings (SSSR count). The molecule has 4 nitrogen and oxygen atoms in total. The van der Waals surface area contributed by atoms with E-state index in [1.54, 1.807) is 14.0 Å². The molecule has 5 heteroatoms. The number of aliphatic carboxylic acids is 1. The Morgan fingerprint density at radius 3 is 2.58 bits per heavy atom. The topological polar surface area (TPSA) is 66.4 Å². The number of thioether (sulfide) groups is 1. The predicted octanol–water partition coefficient (Wildman–Crippen LogP) is 0.186. The van der Waals surface area contributed by atoms with Crippen LogP contribution in [0, 0.1) is 5.92 Å². The van der Waals surface area contributed by atoms with Crippen LogP contribution in [0.25, 0.3) is 0 Å². The molecule has 0 aliphatic rings. The van der Waals surface area contributed by atoms with E-state index in [4.69, 9.17) is 5.11 Å². The minimum atomic E-state index is -0.820. The fraction of sp³-hybridized carbons (Fsp3) is 0.714. The molecule has 1 unspecified atom stereocenters. The smallest absolute Gasteiger partial charge is 0.307 e. The lowest BCUT2D eigenvalue weighted by molar-refractivity contribution is -0.140. The molecule has 2 N–H and O–H groups in total. The van der Waals surface area contributed by atoms with Crippen LogP contribution in [0.2, 0.25) is 0 Å². The van der Waals surface area contributed by atoms with Gasteiger partial charge in [-0.15, -0.1) is 0 Å². The second kappa shape index (κ2) is 5.88. The largest absolute Gasteiger partial charge is 0.481 e. The molecule has 0 radical (unpaired) electrons. The van der Waals surface area contributed by atoms with Crippen molar-refractivity contribution in [1.29, 1.82) is 0 Å². The molecule has 12 heavy (non-hydrogen) atoms. The van der Waals surface area contributed by atoms with Gasteiger partial charge in [0.2, 0.25) is 5.91 Å². The number of hydrogen-bond acceptors (Lipinski definition) is 3. The summed E-state index contributed by atoms with van der Waals surface area (Å²) in [4.78, 5) is 21.0. The van der Waals surface area contributed by atoms with Crippen molar-refractivity contribution >= 4 is 23.6 Å². The van der Waals surface area contributed by atoms with E-state index in [0.29, 0.717) is 11.5 Å². The van der Waals surface area contributed by atoms with Crippen LogP contribution >= 0.6 is 11.8 Å². The zero-order valence-electron chi connectivity index (χ0n) is 7.16. The number of hydrogen-bond donors (Lipinski definition) is 2. The van der Waals surface area contributed by atoms with Crippen molar-refractivity contribution < 1.29 is 14.7 Å². The van der Waals surface area contributed by atoms with Crippen molar-refractivity contribution in [3.05, 3.63) is 0 Å². The van der Waals surface area contributed by atoms with Crippen LogP contribution in [0.5, 0.6) is 0 Å². The third-order valence-corrected chi connectivity index (χ3v) is 2.50. The summed E-state index contributed by atoms with van der Waals surface area (Å²) in [7, 11) is 1.56. The molecule has 0 aromatic heterocycles. The first-order valence-electron chi connectivity index (χ1n) is 3.59. The van der Waals surface area contributed by atoms with Crippen molar-refractivity contribution in [2.24, 2.45) is 5.92 Å². The Bertz CT molecular complexity index is 172. The zero-order valence-corrected chi connectivity index (χ0v) is 7.98.